The molecule has 2 atom stereocenters. The van der Waals surface area contributed by atoms with Gasteiger partial charge < -0.3 is 24.1 Å². The Morgan fingerprint density at radius 1 is 1.06 bits per heavy atom. The van der Waals surface area contributed by atoms with Crippen molar-refractivity contribution in [1.82, 2.24) is 10.3 Å². The van der Waals surface area contributed by atoms with Crippen LogP contribution in [0.4, 0.5) is 10.1 Å². The van der Waals surface area contributed by atoms with E-state index in [2.05, 4.69) is 26.2 Å². The molecular weight excluding hydrogens is 533 g/mol. The van der Waals surface area contributed by atoms with Crippen molar-refractivity contribution in [2.24, 2.45) is 0 Å². The highest BCUT2D eigenvalue weighted by Gasteiger charge is 2.43. The molecule has 0 aliphatic carbocycles. The summed E-state index contributed by atoms with van der Waals surface area (Å²) in [5, 5.41) is 3.91. The smallest absolute Gasteiger partial charge is 0.174 e. The molecule has 0 unspecified atom stereocenters. The SMILES string of the molecule is COc1ccc(N2C(=S)N[C@H](c3ccccn3)[C@H]2c2ccc(-c3ccc(F)cc3Br)o2)c(OC)c1. The van der Waals surface area contributed by atoms with Crippen LogP contribution in [0.2, 0.25) is 0 Å². The van der Waals surface area contributed by atoms with E-state index in [-0.39, 0.29) is 17.9 Å². The second-order valence-corrected chi connectivity index (χ2v) is 9.10. The van der Waals surface area contributed by atoms with Crippen LogP contribution in [-0.4, -0.2) is 24.3 Å². The number of hydrogen-bond donors (Lipinski definition) is 1. The second-order valence-electron chi connectivity index (χ2n) is 7.86. The predicted molar refractivity (Wildman–Crippen MR) is 139 cm³/mol. The number of halogens is 2. The Morgan fingerprint density at radius 3 is 2.63 bits per heavy atom. The summed E-state index contributed by atoms with van der Waals surface area (Å²) in [5.41, 5.74) is 2.32. The minimum Gasteiger partial charge on any atom is -0.497 e. The first-order valence-electron chi connectivity index (χ1n) is 10.8. The van der Waals surface area contributed by atoms with Crippen molar-refractivity contribution in [1.29, 1.82) is 0 Å². The number of pyridine rings is 1. The topological polar surface area (TPSA) is 59.8 Å². The standard InChI is InChI=1S/C26H21BrFN3O3S/c1-32-16-7-9-20(23(14-16)33-2)31-25(24(30-26(31)35)19-5-3-4-12-29-19)22-11-10-21(34-22)17-8-6-15(28)13-18(17)27/h3-14,24-25H,1-2H3,(H,30,35)/t24-,25-/m1/s1. The summed E-state index contributed by atoms with van der Waals surface area (Å²) in [6, 6.07) is 18.9. The van der Waals surface area contributed by atoms with Gasteiger partial charge in [-0.15, -0.1) is 0 Å². The third-order valence-electron chi connectivity index (χ3n) is 5.86. The molecule has 2 aromatic heterocycles. The van der Waals surface area contributed by atoms with Crippen molar-refractivity contribution in [2.75, 3.05) is 19.1 Å². The van der Waals surface area contributed by atoms with Gasteiger partial charge >= 0.3 is 0 Å². The molecule has 1 saturated heterocycles. The molecule has 1 N–H and O–H groups in total. The molecule has 9 heteroatoms. The van der Waals surface area contributed by atoms with Crippen LogP contribution in [0.5, 0.6) is 11.5 Å². The Labute approximate surface area is 215 Å². The minimum atomic E-state index is -0.368. The van der Waals surface area contributed by atoms with Crippen LogP contribution in [-0.2, 0) is 0 Å². The van der Waals surface area contributed by atoms with Crippen LogP contribution >= 0.6 is 28.1 Å². The van der Waals surface area contributed by atoms with Crippen LogP contribution in [0.15, 0.2) is 81.8 Å². The summed E-state index contributed by atoms with van der Waals surface area (Å²) >= 11 is 9.22. The van der Waals surface area contributed by atoms with Crippen LogP contribution in [0.25, 0.3) is 11.3 Å². The number of nitrogens with one attached hydrogen (secondary N) is 1. The highest BCUT2D eigenvalue weighted by atomic mass is 79.9. The number of rotatable bonds is 6. The van der Waals surface area contributed by atoms with Gasteiger partial charge in [0, 0.05) is 22.3 Å². The predicted octanol–water partition coefficient (Wildman–Crippen LogP) is 6.44. The van der Waals surface area contributed by atoms with Gasteiger partial charge in [-0.2, -0.15) is 0 Å². The van der Waals surface area contributed by atoms with Gasteiger partial charge in [0.2, 0.25) is 0 Å². The maximum absolute atomic E-state index is 13.6. The van der Waals surface area contributed by atoms with Crippen molar-refractivity contribution in [3.8, 4) is 22.8 Å². The monoisotopic (exact) mass is 553 g/mol. The van der Waals surface area contributed by atoms with E-state index in [0.717, 1.165) is 16.9 Å². The van der Waals surface area contributed by atoms with E-state index in [9.17, 15) is 4.39 Å². The van der Waals surface area contributed by atoms with Crippen LogP contribution in [0.3, 0.4) is 0 Å². The Balaban J connectivity index is 1.63. The number of benzene rings is 2. The van der Waals surface area contributed by atoms with Gasteiger partial charge in [0.05, 0.1) is 31.6 Å². The molecule has 0 spiro atoms. The normalized spacial score (nSPS) is 17.4. The minimum absolute atomic E-state index is 0.286. The van der Waals surface area contributed by atoms with E-state index < -0.39 is 0 Å². The second kappa shape index (κ2) is 9.67. The maximum atomic E-state index is 13.6. The molecule has 4 aromatic rings. The summed E-state index contributed by atoms with van der Waals surface area (Å²) in [4.78, 5) is 6.53. The number of hydrogen-bond acceptors (Lipinski definition) is 5. The van der Waals surface area contributed by atoms with Crippen LogP contribution in [0, 0.1) is 5.82 Å². The van der Waals surface area contributed by atoms with E-state index in [1.165, 1.54) is 12.1 Å². The molecule has 0 amide bonds. The third kappa shape index (κ3) is 4.37. The van der Waals surface area contributed by atoms with Crippen molar-refractivity contribution < 1.29 is 18.3 Å². The third-order valence-corrected chi connectivity index (χ3v) is 6.83. The first-order chi connectivity index (χ1) is 17.0. The molecule has 5 rings (SSSR count). The summed E-state index contributed by atoms with van der Waals surface area (Å²) in [6.07, 6.45) is 1.75. The Kier molecular flexibility index (Phi) is 6.44. The van der Waals surface area contributed by atoms with Crippen LogP contribution < -0.4 is 19.7 Å². The fourth-order valence-corrected chi connectivity index (χ4v) is 5.12. The summed E-state index contributed by atoms with van der Waals surface area (Å²) in [5.74, 6) is 2.21. The van der Waals surface area contributed by atoms with Gasteiger partial charge in [-0.1, -0.05) is 6.07 Å². The quantitative estimate of drug-likeness (QED) is 0.276. The number of anilines is 1. The highest BCUT2D eigenvalue weighted by molar-refractivity contribution is 9.10. The fourth-order valence-electron chi connectivity index (χ4n) is 4.23. The molecule has 1 fully saturated rings. The van der Waals surface area contributed by atoms with Gasteiger partial charge in [-0.3, -0.25) is 4.98 Å². The van der Waals surface area contributed by atoms with E-state index in [1.807, 2.05) is 53.4 Å². The average molecular weight is 554 g/mol. The first kappa shape index (κ1) is 23.3. The summed E-state index contributed by atoms with van der Waals surface area (Å²) in [6.45, 7) is 0. The van der Waals surface area contributed by atoms with Crippen molar-refractivity contribution in [3.63, 3.8) is 0 Å². The number of ether oxygens (including phenoxy) is 2. The van der Waals surface area contributed by atoms with E-state index in [0.29, 0.717) is 32.6 Å². The van der Waals surface area contributed by atoms with Gasteiger partial charge in [0.15, 0.2) is 5.11 Å². The largest absolute Gasteiger partial charge is 0.497 e. The number of methoxy groups -OCH3 is 2. The van der Waals surface area contributed by atoms with Gasteiger partial charge in [-0.05, 0) is 82.7 Å². The number of thiocarbonyl (C=S) groups is 1. The molecular formula is C26H21BrFN3O3S. The Hall–Kier alpha value is -3.43. The summed E-state index contributed by atoms with van der Waals surface area (Å²) in [7, 11) is 3.21. The van der Waals surface area contributed by atoms with Gasteiger partial charge in [0.25, 0.3) is 0 Å². The lowest BCUT2D eigenvalue weighted by Crippen LogP contribution is -2.29. The molecule has 3 heterocycles. The lowest BCUT2D eigenvalue weighted by atomic mass is 10.0. The average Bonchev–Trinajstić information content (AvgIpc) is 3.48. The molecule has 1 aliphatic rings. The van der Waals surface area contributed by atoms with Crippen LogP contribution in [0.1, 0.15) is 23.5 Å². The Bertz CT molecular complexity index is 1380. The number of furan rings is 1. The summed E-state index contributed by atoms with van der Waals surface area (Å²) < 4.78 is 31.7. The zero-order valence-corrected chi connectivity index (χ0v) is 21.3. The molecule has 178 valence electrons. The van der Waals surface area contributed by atoms with Gasteiger partial charge in [-0.25, -0.2) is 4.39 Å². The van der Waals surface area contributed by atoms with Gasteiger partial charge in [0.1, 0.15) is 34.9 Å². The molecule has 6 nitrogen and oxygen atoms in total. The zero-order chi connectivity index (χ0) is 24.5. The van der Waals surface area contributed by atoms with Crippen molar-refractivity contribution in [2.45, 2.75) is 12.1 Å². The van der Waals surface area contributed by atoms with E-state index in [1.54, 1.807) is 26.5 Å². The Morgan fingerprint density at radius 2 is 1.91 bits per heavy atom. The molecule has 35 heavy (non-hydrogen) atoms. The number of nitrogens with zero attached hydrogens (tertiary/aromatic N) is 2. The lowest BCUT2D eigenvalue weighted by Gasteiger charge is -2.27. The molecule has 0 bridgehead atoms. The van der Waals surface area contributed by atoms with Crippen molar-refractivity contribution >= 4 is 38.9 Å². The van der Waals surface area contributed by atoms with E-state index in [4.69, 9.17) is 26.1 Å². The van der Waals surface area contributed by atoms with Crippen molar-refractivity contribution in [3.05, 3.63) is 94.7 Å². The molecule has 2 aromatic carbocycles. The molecule has 0 radical (unpaired) electrons. The van der Waals surface area contributed by atoms with E-state index >= 15 is 0 Å². The zero-order valence-electron chi connectivity index (χ0n) is 18.9. The molecule has 0 saturated carbocycles. The lowest BCUT2D eigenvalue weighted by molar-refractivity contribution is 0.392. The molecule has 1 aliphatic heterocycles. The maximum Gasteiger partial charge on any atom is 0.174 e. The highest BCUT2D eigenvalue weighted by Crippen LogP contribution is 2.46. The fraction of sp³-hybridized carbons (Fsp3) is 0.154. The first-order valence-corrected chi connectivity index (χ1v) is 12.0. The number of aromatic nitrogens is 1.